The summed E-state index contributed by atoms with van der Waals surface area (Å²) in [4.78, 5) is 25.1. The predicted molar refractivity (Wildman–Crippen MR) is 82.4 cm³/mol. The van der Waals surface area contributed by atoms with Crippen LogP contribution < -0.4 is 0 Å². The number of amides is 1. The van der Waals surface area contributed by atoms with E-state index in [1.807, 2.05) is 30.3 Å². The van der Waals surface area contributed by atoms with Gasteiger partial charge in [0.2, 0.25) is 0 Å². The lowest BCUT2D eigenvalue weighted by Gasteiger charge is -2.36. The van der Waals surface area contributed by atoms with E-state index in [1.54, 1.807) is 6.92 Å². The van der Waals surface area contributed by atoms with Crippen molar-refractivity contribution in [3.8, 4) is 0 Å². The first kappa shape index (κ1) is 16.3. The Morgan fingerprint density at radius 2 is 1.86 bits per heavy atom. The highest BCUT2D eigenvalue weighted by atomic mass is 16.6. The molecule has 1 atom stereocenters. The minimum Gasteiger partial charge on any atom is -0.480 e. The van der Waals surface area contributed by atoms with Crippen LogP contribution in [0.4, 0.5) is 4.79 Å². The topological polar surface area (TPSA) is 66.8 Å². The Morgan fingerprint density at radius 3 is 2.45 bits per heavy atom. The number of hydrogen-bond acceptors (Lipinski definition) is 3. The predicted octanol–water partition coefficient (Wildman–Crippen LogP) is 3.43. The molecule has 1 N–H and O–H groups in total. The highest BCUT2D eigenvalue weighted by Crippen LogP contribution is 2.25. The van der Waals surface area contributed by atoms with Crippen molar-refractivity contribution in [1.82, 2.24) is 4.90 Å². The fourth-order valence-electron chi connectivity index (χ4n) is 2.90. The van der Waals surface area contributed by atoms with E-state index in [0.29, 0.717) is 0 Å². The largest absolute Gasteiger partial charge is 0.480 e. The van der Waals surface area contributed by atoms with Gasteiger partial charge in [-0.2, -0.15) is 0 Å². The second-order valence-electron chi connectivity index (χ2n) is 5.75. The van der Waals surface area contributed by atoms with Crippen molar-refractivity contribution in [1.29, 1.82) is 0 Å². The van der Waals surface area contributed by atoms with E-state index in [9.17, 15) is 14.7 Å². The molecule has 2 rings (SSSR count). The average molecular weight is 305 g/mol. The van der Waals surface area contributed by atoms with Gasteiger partial charge in [0, 0.05) is 6.04 Å². The summed E-state index contributed by atoms with van der Waals surface area (Å²) in [7, 11) is 0. The molecule has 0 bridgehead atoms. The van der Waals surface area contributed by atoms with Gasteiger partial charge in [-0.3, -0.25) is 4.90 Å². The summed E-state index contributed by atoms with van der Waals surface area (Å²) in [6, 6.07) is 8.49. The van der Waals surface area contributed by atoms with Gasteiger partial charge in [-0.15, -0.1) is 0 Å². The molecule has 1 amide bonds. The van der Waals surface area contributed by atoms with E-state index in [2.05, 4.69) is 0 Å². The summed E-state index contributed by atoms with van der Waals surface area (Å²) in [5.74, 6) is -0.998. The highest BCUT2D eigenvalue weighted by molar-refractivity contribution is 5.79. The fourth-order valence-corrected chi connectivity index (χ4v) is 2.90. The van der Waals surface area contributed by atoms with Crippen LogP contribution in [-0.2, 0) is 16.1 Å². The third-order valence-electron chi connectivity index (χ3n) is 4.16. The third kappa shape index (κ3) is 4.23. The maximum atomic E-state index is 12.4. The first-order chi connectivity index (χ1) is 10.6. The smallest absolute Gasteiger partial charge is 0.411 e. The van der Waals surface area contributed by atoms with Gasteiger partial charge in [0.05, 0.1) is 0 Å². The number of aliphatic carboxylic acids is 1. The Kier molecular flexibility index (Phi) is 5.81. The molecule has 1 aromatic carbocycles. The third-order valence-corrected chi connectivity index (χ3v) is 4.16. The van der Waals surface area contributed by atoms with E-state index in [-0.39, 0.29) is 12.6 Å². The van der Waals surface area contributed by atoms with Gasteiger partial charge in [0.15, 0.2) is 0 Å². The lowest BCUT2D eigenvalue weighted by atomic mass is 9.93. The SMILES string of the molecule is CC(C(=O)O)N(C(=O)OCc1ccccc1)C1CCCCC1. The van der Waals surface area contributed by atoms with Crippen molar-refractivity contribution in [3.05, 3.63) is 35.9 Å². The molecular weight excluding hydrogens is 282 g/mol. The minimum absolute atomic E-state index is 0.0388. The molecule has 1 fully saturated rings. The van der Waals surface area contributed by atoms with Crippen LogP contribution >= 0.6 is 0 Å². The molecule has 0 radical (unpaired) electrons. The van der Waals surface area contributed by atoms with Crippen LogP contribution in [0.15, 0.2) is 30.3 Å². The number of carbonyl (C=O) groups excluding carboxylic acids is 1. The first-order valence-corrected chi connectivity index (χ1v) is 7.81. The zero-order valence-corrected chi connectivity index (χ0v) is 12.9. The molecule has 1 aliphatic rings. The first-order valence-electron chi connectivity index (χ1n) is 7.81. The number of carboxylic acids is 1. The van der Waals surface area contributed by atoms with Crippen LogP contribution in [0.1, 0.15) is 44.6 Å². The van der Waals surface area contributed by atoms with Gasteiger partial charge in [-0.25, -0.2) is 9.59 Å². The lowest BCUT2D eigenvalue weighted by Crippen LogP contribution is -2.50. The van der Waals surface area contributed by atoms with Crippen LogP contribution in [0.3, 0.4) is 0 Å². The normalized spacial score (nSPS) is 16.8. The second kappa shape index (κ2) is 7.82. The van der Waals surface area contributed by atoms with Crippen LogP contribution in [0.5, 0.6) is 0 Å². The van der Waals surface area contributed by atoms with Gasteiger partial charge < -0.3 is 9.84 Å². The van der Waals surface area contributed by atoms with Crippen LogP contribution in [-0.4, -0.2) is 34.2 Å². The Bertz CT molecular complexity index is 497. The van der Waals surface area contributed by atoms with E-state index in [0.717, 1.165) is 37.7 Å². The van der Waals surface area contributed by atoms with Gasteiger partial charge in [0.1, 0.15) is 12.6 Å². The minimum atomic E-state index is -0.998. The number of rotatable bonds is 5. The van der Waals surface area contributed by atoms with Crippen LogP contribution in [0.2, 0.25) is 0 Å². The molecule has 120 valence electrons. The number of carboxylic acid groups (broad SMARTS) is 1. The summed E-state index contributed by atoms with van der Waals surface area (Å²) in [5, 5.41) is 9.27. The van der Waals surface area contributed by atoms with Crippen molar-refractivity contribution in [2.24, 2.45) is 0 Å². The van der Waals surface area contributed by atoms with Gasteiger partial charge in [-0.05, 0) is 25.3 Å². The van der Waals surface area contributed by atoms with Crippen molar-refractivity contribution in [3.63, 3.8) is 0 Å². The summed E-state index contributed by atoms with van der Waals surface area (Å²) < 4.78 is 5.34. The summed E-state index contributed by atoms with van der Waals surface area (Å²) in [5.41, 5.74) is 0.891. The number of benzene rings is 1. The molecule has 0 aliphatic heterocycles. The van der Waals surface area contributed by atoms with Gasteiger partial charge in [0.25, 0.3) is 0 Å². The molecule has 1 aliphatic carbocycles. The number of hydrogen-bond donors (Lipinski definition) is 1. The highest BCUT2D eigenvalue weighted by Gasteiger charge is 2.34. The van der Waals surface area contributed by atoms with Crippen molar-refractivity contribution in [2.75, 3.05) is 0 Å². The quantitative estimate of drug-likeness (QED) is 0.905. The van der Waals surface area contributed by atoms with E-state index >= 15 is 0 Å². The molecule has 1 unspecified atom stereocenters. The van der Waals surface area contributed by atoms with E-state index in [1.165, 1.54) is 4.90 Å². The second-order valence-corrected chi connectivity index (χ2v) is 5.75. The molecule has 0 heterocycles. The Labute approximate surface area is 130 Å². The average Bonchev–Trinajstić information content (AvgIpc) is 2.55. The maximum Gasteiger partial charge on any atom is 0.411 e. The standard InChI is InChI=1S/C17H23NO4/c1-13(16(19)20)18(15-10-6-3-7-11-15)17(21)22-12-14-8-4-2-5-9-14/h2,4-5,8-9,13,15H,3,6-7,10-12H2,1H3,(H,19,20). The number of carbonyl (C=O) groups is 2. The van der Waals surface area contributed by atoms with E-state index < -0.39 is 18.1 Å². The molecular formula is C17H23NO4. The zero-order chi connectivity index (χ0) is 15.9. The molecule has 5 nitrogen and oxygen atoms in total. The summed E-state index contributed by atoms with van der Waals surface area (Å²) >= 11 is 0. The van der Waals surface area contributed by atoms with Crippen LogP contribution in [0.25, 0.3) is 0 Å². The summed E-state index contributed by atoms with van der Waals surface area (Å²) in [6.45, 7) is 1.70. The zero-order valence-electron chi connectivity index (χ0n) is 12.9. The molecule has 0 spiro atoms. The molecule has 1 aromatic rings. The van der Waals surface area contributed by atoms with Gasteiger partial charge in [-0.1, -0.05) is 49.6 Å². The molecule has 5 heteroatoms. The monoisotopic (exact) mass is 305 g/mol. The van der Waals surface area contributed by atoms with Crippen molar-refractivity contribution < 1.29 is 19.4 Å². The van der Waals surface area contributed by atoms with Crippen molar-refractivity contribution in [2.45, 2.75) is 57.7 Å². The van der Waals surface area contributed by atoms with E-state index in [4.69, 9.17) is 4.74 Å². The Hall–Kier alpha value is -2.04. The Morgan fingerprint density at radius 1 is 1.23 bits per heavy atom. The molecule has 0 aromatic heterocycles. The van der Waals surface area contributed by atoms with Gasteiger partial charge >= 0.3 is 12.1 Å². The van der Waals surface area contributed by atoms with Crippen LogP contribution in [0, 0.1) is 0 Å². The van der Waals surface area contributed by atoms with Crippen molar-refractivity contribution >= 4 is 12.1 Å². The molecule has 0 saturated heterocycles. The Balaban J connectivity index is 2.03. The number of nitrogens with zero attached hydrogens (tertiary/aromatic N) is 1. The maximum absolute atomic E-state index is 12.4. The fraction of sp³-hybridized carbons (Fsp3) is 0.529. The molecule has 1 saturated carbocycles. The lowest BCUT2D eigenvalue weighted by molar-refractivity contribution is -0.143. The summed E-state index contributed by atoms with van der Waals surface area (Å²) in [6.07, 6.45) is 4.35. The molecule has 22 heavy (non-hydrogen) atoms. The number of ether oxygens (including phenoxy) is 1.